The molecule has 0 aromatic carbocycles. The van der Waals surface area contributed by atoms with Crippen molar-refractivity contribution in [2.75, 3.05) is 40.3 Å². The lowest BCUT2D eigenvalue weighted by molar-refractivity contribution is 0.0266. The van der Waals surface area contributed by atoms with Crippen molar-refractivity contribution in [1.29, 1.82) is 0 Å². The Hall–Kier alpha value is -0.0800. The highest BCUT2D eigenvalue weighted by molar-refractivity contribution is 14.0. The molecule has 0 bridgehead atoms. The van der Waals surface area contributed by atoms with Gasteiger partial charge in [0.25, 0.3) is 0 Å². The Labute approximate surface area is 166 Å². The van der Waals surface area contributed by atoms with E-state index in [2.05, 4.69) is 62.1 Å². The maximum absolute atomic E-state index is 5.44. The molecule has 0 radical (unpaired) electrons. The molecule has 24 heavy (non-hydrogen) atoms. The highest BCUT2D eigenvalue weighted by atomic mass is 127. The van der Waals surface area contributed by atoms with Crippen LogP contribution in [-0.2, 0) is 4.74 Å². The molecule has 1 saturated heterocycles. The number of rotatable bonds is 6. The first-order valence-corrected chi connectivity index (χ1v) is 8.84. The lowest BCUT2D eigenvalue weighted by Gasteiger charge is -2.45. The third-order valence-electron chi connectivity index (χ3n) is 4.87. The van der Waals surface area contributed by atoms with Gasteiger partial charge in [-0.15, -0.1) is 24.0 Å². The van der Waals surface area contributed by atoms with Crippen LogP contribution < -0.4 is 10.6 Å². The van der Waals surface area contributed by atoms with Crippen LogP contribution in [0.2, 0.25) is 0 Å². The van der Waals surface area contributed by atoms with Crippen molar-refractivity contribution in [3.8, 4) is 0 Å². The Balaban J connectivity index is 0.00000529. The molecule has 2 N–H and O–H groups in total. The maximum atomic E-state index is 5.44. The second-order valence-electron chi connectivity index (χ2n) is 8.41. The van der Waals surface area contributed by atoms with Gasteiger partial charge in [-0.1, -0.05) is 13.8 Å². The molecule has 1 aliphatic heterocycles. The standard InChI is InChI=1S/C18H38N4O.HI/c1-14-9-15(2)11-22(10-14)17(3,4)12-20-16(19-7)21-13-18(5,6)23-8;/h14-15H,9-13H2,1-8H3,(H2,19,20,21);1H. The third-order valence-corrected chi connectivity index (χ3v) is 4.87. The summed E-state index contributed by atoms with van der Waals surface area (Å²) >= 11 is 0. The monoisotopic (exact) mass is 454 g/mol. The van der Waals surface area contributed by atoms with E-state index in [9.17, 15) is 0 Å². The summed E-state index contributed by atoms with van der Waals surface area (Å²) < 4.78 is 5.44. The van der Waals surface area contributed by atoms with Crippen LogP contribution in [0.3, 0.4) is 0 Å². The Morgan fingerprint density at radius 3 is 2.04 bits per heavy atom. The first-order valence-electron chi connectivity index (χ1n) is 8.84. The summed E-state index contributed by atoms with van der Waals surface area (Å²) in [5.41, 5.74) is -0.0950. The highest BCUT2D eigenvalue weighted by Crippen LogP contribution is 2.26. The lowest BCUT2D eigenvalue weighted by Crippen LogP contribution is -2.57. The van der Waals surface area contributed by atoms with Gasteiger partial charge in [0.05, 0.1) is 5.60 Å². The van der Waals surface area contributed by atoms with Crippen molar-refractivity contribution in [2.45, 2.75) is 59.1 Å². The molecule has 0 aromatic heterocycles. The average molecular weight is 454 g/mol. The number of piperidine rings is 1. The van der Waals surface area contributed by atoms with Gasteiger partial charge in [0.1, 0.15) is 0 Å². The van der Waals surface area contributed by atoms with Crippen LogP contribution in [-0.4, -0.2) is 62.3 Å². The van der Waals surface area contributed by atoms with Gasteiger partial charge in [-0.2, -0.15) is 0 Å². The Morgan fingerprint density at radius 1 is 1.08 bits per heavy atom. The molecule has 0 spiro atoms. The minimum Gasteiger partial charge on any atom is -0.377 e. The van der Waals surface area contributed by atoms with Gasteiger partial charge in [-0.05, 0) is 46.0 Å². The van der Waals surface area contributed by atoms with E-state index < -0.39 is 0 Å². The number of nitrogens with one attached hydrogen (secondary N) is 2. The molecule has 1 aliphatic rings. The van der Waals surface area contributed by atoms with Gasteiger partial charge in [0.15, 0.2) is 5.96 Å². The summed E-state index contributed by atoms with van der Waals surface area (Å²) in [5, 5.41) is 6.82. The molecule has 2 unspecified atom stereocenters. The largest absolute Gasteiger partial charge is 0.377 e. The van der Waals surface area contributed by atoms with Crippen LogP contribution >= 0.6 is 24.0 Å². The predicted molar refractivity (Wildman–Crippen MR) is 114 cm³/mol. The van der Waals surface area contributed by atoms with Crippen LogP contribution in [0.5, 0.6) is 0 Å². The number of nitrogens with zero attached hydrogens (tertiary/aromatic N) is 2. The van der Waals surface area contributed by atoms with Crippen molar-refractivity contribution >= 4 is 29.9 Å². The van der Waals surface area contributed by atoms with Crippen LogP contribution in [0.1, 0.15) is 48.0 Å². The van der Waals surface area contributed by atoms with Crippen molar-refractivity contribution in [2.24, 2.45) is 16.8 Å². The van der Waals surface area contributed by atoms with E-state index in [1.807, 2.05) is 7.05 Å². The number of likely N-dealkylation sites (tertiary alicyclic amines) is 1. The van der Waals surface area contributed by atoms with Crippen molar-refractivity contribution in [3.63, 3.8) is 0 Å². The van der Waals surface area contributed by atoms with Crippen LogP contribution in [0.15, 0.2) is 4.99 Å². The first kappa shape index (κ1) is 23.9. The average Bonchev–Trinajstić information content (AvgIpc) is 2.46. The Kier molecular flexibility index (Phi) is 10.1. The normalized spacial score (nSPS) is 23.6. The van der Waals surface area contributed by atoms with Gasteiger partial charge < -0.3 is 15.4 Å². The fraction of sp³-hybridized carbons (Fsp3) is 0.944. The fourth-order valence-corrected chi connectivity index (χ4v) is 3.16. The number of aliphatic imine (C=N–C) groups is 1. The van der Waals surface area contributed by atoms with Gasteiger partial charge in [-0.3, -0.25) is 9.89 Å². The molecular formula is C18H39IN4O. The van der Waals surface area contributed by atoms with Crippen LogP contribution in [0.4, 0.5) is 0 Å². The summed E-state index contributed by atoms with van der Waals surface area (Å²) in [6.07, 6.45) is 1.34. The molecule has 144 valence electrons. The van der Waals surface area contributed by atoms with E-state index in [4.69, 9.17) is 4.74 Å². The van der Waals surface area contributed by atoms with E-state index in [-0.39, 0.29) is 35.1 Å². The zero-order valence-electron chi connectivity index (χ0n) is 16.9. The summed E-state index contributed by atoms with van der Waals surface area (Å²) in [5.74, 6) is 2.39. The maximum Gasteiger partial charge on any atom is 0.191 e. The van der Waals surface area contributed by atoms with Crippen molar-refractivity contribution in [3.05, 3.63) is 0 Å². The molecule has 1 heterocycles. The molecule has 6 heteroatoms. The molecule has 1 rings (SSSR count). The smallest absolute Gasteiger partial charge is 0.191 e. The lowest BCUT2D eigenvalue weighted by atomic mass is 9.88. The van der Waals surface area contributed by atoms with Crippen molar-refractivity contribution < 1.29 is 4.74 Å². The summed E-state index contributed by atoms with van der Waals surface area (Å²) in [6.45, 7) is 17.4. The second-order valence-corrected chi connectivity index (χ2v) is 8.41. The minimum atomic E-state index is -0.204. The zero-order chi connectivity index (χ0) is 17.7. The molecule has 0 aliphatic carbocycles. The van der Waals surface area contributed by atoms with Crippen LogP contribution in [0.25, 0.3) is 0 Å². The number of guanidine groups is 1. The molecular weight excluding hydrogens is 415 g/mol. The highest BCUT2D eigenvalue weighted by Gasteiger charge is 2.32. The second kappa shape index (κ2) is 10.2. The summed E-state index contributed by atoms with van der Waals surface area (Å²) in [4.78, 5) is 6.94. The molecule has 2 atom stereocenters. The quantitative estimate of drug-likeness (QED) is 0.368. The molecule has 0 saturated carbocycles. The first-order chi connectivity index (χ1) is 10.6. The fourth-order valence-electron chi connectivity index (χ4n) is 3.16. The predicted octanol–water partition coefficient (Wildman–Crippen LogP) is 2.95. The third kappa shape index (κ3) is 7.87. The van der Waals surface area contributed by atoms with E-state index in [0.717, 1.165) is 30.9 Å². The zero-order valence-corrected chi connectivity index (χ0v) is 19.2. The van der Waals surface area contributed by atoms with Gasteiger partial charge in [-0.25, -0.2) is 0 Å². The van der Waals surface area contributed by atoms with Gasteiger partial charge >= 0.3 is 0 Å². The SMILES string of the molecule is CN=C(NCC(C)(C)OC)NCC(C)(C)N1CC(C)CC(C)C1.I. The summed E-state index contributed by atoms with van der Waals surface area (Å²) in [7, 11) is 3.55. The topological polar surface area (TPSA) is 48.9 Å². The number of hydrogen-bond acceptors (Lipinski definition) is 3. The van der Waals surface area contributed by atoms with Crippen LogP contribution in [0, 0.1) is 11.8 Å². The molecule has 5 nitrogen and oxygen atoms in total. The van der Waals surface area contributed by atoms with E-state index in [0.29, 0.717) is 0 Å². The van der Waals surface area contributed by atoms with Crippen molar-refractivity contribution in [1.82, 2.24) is 15.5 Å². The van der Waals surface area contributed by atoms with Gasteiger partial charge in [0, 0.05) is 45.9 Å². The van der Waals surface area contributed by atoms with E-state index in [1.165, 1.54) is 19.5 Å². The summed E-state index contributed by atoms with van der Waals surface area (Å²) in [6, 6.07) is 0. The van der Waals surface area contributed by atoms with Gasteiger partial charge in [0.2, 0.25) is 0 Å². The van der Waals surface area contributed by atoms with E-state index in [1.54, 1.807) is 7.11 Å². The Morgan fingerprint density at radius 2 is 1.58 bits per heavy atom. The minimum absolute atomic E-state index is 0. The Bertz CT molecular complexity index is 388. The molecule has 1 fully saturated rings. The van der Waals surface area contributed by atoms with E-state index >= 15 is 0 Å². The number of hydrogen-bond donors (Lipinski definition) is 2. The number of ether oxygens (including phenoxy) is 1. The number of halogens is 1. The molecule has 0 amide bonds. The molecule has 0 aromatic rings. The number of methoxy groups -OCH3 is 1.